The van der Waals surface area contributed by atoms with Crippen LogP contribution in [0, 0.1) is 22.7 Å². The Morgan fingerprint density at radius 2 is 0.750 bits per heavy atom. The Balaban J connectivity index is 1.15. The van der Waals surface area contributed by atoms with Crippen molar-refractivity contribution in [3.8, 4) is 46.0 Å². The van der Waals surface area contributed by atoms with Gasteiger partial charge in [0.05, 0.1) is 67.1 Å². The van der Waals surface area contributed by atoms with Gasteiger partial charge in [0, 0.05) is 54.5 Å². The summed E-state index contributed by atoms with van der Waals surface area (Å²) in [5.74, 6) is 0. The molecule has 0 aliphatic carbocycles. The second-order valence-corrected chi connectivity index (χ2v) is 17.5. The first-order valence-electron chi connectivity index (χ1n) is 22.8. The van der Waals surface area contributed by atoms with Crippen LogP contribution in [0.25, 0.3) is 121 Å². The highest BCUT2D eigenvalue weighted by atomic mass is 15.0. The van der Waals surface area contributed by atoms with Crippen LogP contribution in [0.1, 0.15) is 11.1 Å². The van der Waals surface area contributed by atoms with Crippen molar-refractivity contribution < 1.29 is 0 Å². The average Bonchev–Trinajstić information content (AvgIpc) is 4.13. The Hall–Kier alpha value is -9.62. The maximum atomic E-state index is 11.9. The minimum absolute atomic E-state index is 0.545. The monoisotopic (exact) mass is 864 g/mol. The molecule has 0 fully saturated rings. The first-order chi connectivity index (χ1) is 33.7. The Morgan fingerprint density at radius 1 is 0.294 bits per heavy atom. The molecule has 0 atom stereocenters. The minimum atomic E-state index is 0.545. The summed E-state index contributed by atoms with van der Waals surface area (Å²) >= 11 is 0. The summed E-state index contributed by atoms with van der Waals surface area (Å²) in [5, 5.41) is 30.6. The lowest BCUT2D eigenvalue weighted by molar-refractivity contribution is 1.12. The molecule has 0 N–H and O–H groups in total. The molecule has 0 spiro atoms. The summed E-state index contributed by atoms with van der Waals surface area (Å²) in [6.07, 6.45) is 0. The molecule has 0 radical (unpaired) electrons. The summed E-state index contributed by atoms with van der Waals surface area (Å²) in [7, 11) is 0. The van der Waals surface area contributed by atoms with E-state index in [2.05, 4.69) is 225 Å². The van der Waals surface area contributed by atoms with E-state index < -0.39 is 0 Å². The fourth-order valence-corrected chi connectivity index (χ4v) is 11.1. The summed E-state index contributed by atoms with van der Waals surface area (Å²) < 4.78 is 9.35. The standard InChI is InChI=1S/C62H36N6/c63-37-39-27-29-40(30-28-39)41-33-57(67-53-24-12-9-21-46(53)50-35-59-49(36-60(50)67)45-20-8-11-23-52(45)66(59)43-17-5-2-6-18-43)51(38-64)58(34-41)68-54-25-13-7-19-44(54)47-31-32-56-61(62(47)68)48-22-10-14-26-55(48)65(56)42-15-3-1-4-16-42/h1-36H. The Bertz CT molecular complexity index is 4490. The van der Waals surface area contributed by atoms with Crippen molar-refractivity contribution in [2.45, 2.75) is 0 Å². The maximum Gasteiger partial charge on any atom is 0.104 e. The zero-order valence-corrected chi connectivity index (χ0v) is 36.5. The van der Waals surface area contributed by atoms with E-state index in [9.17, 15) is 10.5 Å². The van der Waals surface area contributed by atoms with Gasteiger partial charge in [-0.25, -0.2) is 0 Å². The van der Waals surface area contributed by atoms with Gasteiger partial charge in [-0.3, -0.25) is 0 Å². The van der Waals surface area contributed by atoms with Crippen LogP contribution in [-0.2, 0) is 0 Å². The molecular formula is C62H36N6. The molecule has 0 aliphatic rings. The van der Waals surface area contributed by atoms with Gasteiger partial charge in [0.1, 0.15) is 11.6 Å². The fraction of sp³-hybridized carbons (Fsp3) is 0. The highest BCUT2D eigenvalue weighted by molar-refractivity contribution is 6.26. The van der Waals surface area contributed by atoms with Crippen LogP contribution < -0.4 is 0 Å². The van der Waals surface area contributed by atoms with Gasteiger partial charge in [-0.2, -0.15) is 10.5 Å². The molecule has 0 amide bonds. The van der Waals surface area contributed by atoms with Crippen LogP contribution in [0.4, 0.5) is 0 Å². The number of nitriles is 2. The fourth-order valence-electron chi connectivity index (χ4n) is 11.1. The van der Waals surface area contributed by atoms with Crippen LogP contribution >= 0.6 is 0 Å². The SMILES string of the molecule is N#Cc1ccc(-c2cc(-n3c4ccccc4c4cc5c(cc43)c3ccccc3n5-c3ccccc3)c(C#N)c(-n3c4ccccc4c4ccc5c(c6ccccc6n5-c5ccccc5)c43)c2)cc1. The van der Waals surface area contributed by atoms with Crippen molar-refractivity contribution in [1.29, 1.82) is 10.5 Å². The maximum absolute atomic E-state index is 11.9. The van der Waals surface area contributed by atoms with Gasteiger partial charge >= 0.3 is 0 Å². The average molecular weight is 865 g/mol. The lowest BCUT2D eigenvalue weighted by Crippen LogP contribution is -2.05. The number of aromatic nitrogens is 4. The van der Waals surface area contributed by atoms with E-state index >= 15 is 0 Å². The molecule has 6 heteroatoms. The van der Waals surface area contributed by atoms with Crippen molar-refractivity contribution >= 4 is 87.2 Å². The van der Waals surface area contributed by atoms with Crippen LogP contribution in [0.15, 0.2) is 218 Å². The number of hydrogen-bond acceptors (Lipinski definition) is 2. The lowest BCUT2D eigenvalue weighted by Gasteiger charge is -2.19. The molecule has 14 aromatic rings. The molecule has 14 rings (SSSR count). The van der Waals surface area contributed by atoms with Gasteiger partial charge < -0.3 is 18.3 Å². The molecule has 0 aliphatic heterocycles. The second-order valence-electron chi connectivity index (χ2n) is 17.5. The number of rotatable bonds is 5. The third-order valence-electron chi connectivity index (χ3n) is 14.0. The van der Waals surface area contributed by atoms with E-state index in [-0.39, 0.29) is 0 Å². The minimum Gasteiger partial charge on any atom is -0.309 e. The molecular weight excluding hydrogens is 829 g/mol. The van der Waals surface area contributed by atoms with Crippen LogP contribution in [0.2, 0.25) is 0 Å². The van der Waals surface area contributed by atoms with Crippen LogP contribution in [0.5, 0.6) is 0 Å². The van der Waals surface area contributed by atoms with Crippen molar-refractivity contribution in [3.05, 3.63) is 230 Å². The van der Waals surface area contributed by atoms with Crippen LogP contribution in [-0.4, -0.2) is 18.3 Å². The lowest BCUT2D eigenvalue weighted by atomic mass is 9.99. The third-order valence-corrected chi connectivity index (χ3v) is 14.0. The Labute approximate surface area is 389 Å². The van der Waals surface area contributed by atoms with Crippen molar-refractivity contribution in [3.63, 3.8) is 0 Å². The van der Waals surface area contributed by atoms with Gasteiger partial charge in [0.15, 0.2) is 0 Å². The van der Waals surface area contributed by atoms with E-state index in [1.807, 2.05) is 24.3 Å². The van der Waals surface area contributed by atoms with E-state index in [1.165, 1.54) is 0 Å². The smallest absolute Gasteiger partial charge is 0.104 e. The predicted octanol–water partition coefficient (Wildman–Crippen LogP) is 15.5. The third kappa shape index (κ3) is 5.26. The van der Waals surface area contributed by atoms with Gasteiger partial charge in [-0.15, -0.1) is 0 Å². The summed E-state index contributed by atoms with van der Waals surface area (Å²) in [6.45, 7) is 0. The number of hydrogen-bond donors (Lipinski definition) is 0. The van der Waals surface area contributed by atoms with Crippen molar-refractivity contribution in [2.75, 3.05) is 0 Å². The largest absolute Gasteiger partial charge is 0.309 e. The second kappa shape index (κ2) is 14.4. The number of para-hydroxylation sites is 6. The van der Waals surface area contributed by atoms with E-state index in [0.29, 0.717) is 11.1 Å². The predicted molar refractivity (Wildman–Crippen MR) is 279 cm³/mol. The molecule has 0 bridgehead atoms. The molecule has 314 valence electrons. The highest BCUT2D eigenvalue weighted by Crippen LogP contribution is 2.46. The highest BCUT2D eigenvalue weighted by Gasteiger charge is 2.26. The molecule has 0 saturated heterocycles. The topological polar surface area (TPSA) is 67.3 Å². The first-order valence-corrected chi connectivity index (χ1v) is 22.8. The van der Waals surface area contributed by atoms with E-state index in [4.69, 9.17) is 0 Å². The Kier molecular flexibility index (Phi) is 8.01. The summed E-state index contributed by atoms with van der Waals surface area (Å²) in [6, 6.07) is 81.8. The van der Waals surface area contributed by atoms with Crippen molar-refractivity contribution in [2.24, 2.45) is 0 Å². The molecule has 0 unspecified atom stereocenters. The van der Waals surface area contributed by atoms with Gasteiger partial charge in [0.25, 0.3) is 0 Å². The van der Waals surface area contributed by atoms with Crippen molar-refractivity contribution in [1.82, 2.24) is 18.3 Å². The number of nitrogens with zero attached hydrogens (tertiary/aromatic N) is 6. The quantitative estimate of drug-likeness (QED) is 0.173. The van der Waals surface area contributed by atoms with Crippen LogP contribution in [0.3, 0.4) is 0 Å². The molecule has 4 heterocycles. The van der Waals surface area contributed by atoms with Gasteiger partial charge in [-0.05, 0) is 102 Å². The number of benzene rings is 10. The summed E-state index contributed by atoms with van der Waals surface area (Å²) in [5.41, 5.74) is 15.2. The molecule has 6 nitrogen and oxygen atoms in total. The normalized spacial score (nSPS) is 11.8. The zero-order valence-electron chi connectivity index (χ0n) is 36.5. The number of fused-ring (bicyclic) bond motifs is 13. The Morgan fingerprint density at radius 3 is 1.32 bits per heavy atom. The first kappa shape index (κ1) is 37.7. The van der Waals surface area contributed by atoms with E-state index in [0.717, 1.165) is 121 Å². The zero-order chi connectivity index (χ0) is 45.0. The van der Waals surface area contributed by atoms with Gasteiger partial charge in [0.2, 0.25) is 0 Å². The molecule has 68 heavy (non-hydrogen) atoms. The molecule has 0 saturated carbocycles. The van der Waals surface area contributed by atoms with E-state index in [1.54, 1.807) is 0 Å². The summed E-state index contributed by atoms with van der Waals surface area (Å²) in [4.78, 5) is 0. The molecule has 4 aromatic heterocycles. The van der Waals surface area contributed by atoms with Gasteiger partial charge in [-0.1, -0.05) is 127 Å². The molecule has 10 aromatic carbocycles.